The van der Waals surface area contributed by atoms with Crippen LogP contribution in [0.1, 0.15) is 38.4 Å². The van der Waals surface area contributed by atoms with Gasteiger partial charge in [-0.3, -0.25) is 4.79 Å². The summed E-state index contributed by atoms with van der Waals surface area (Å²) in [5.41, 5.74) is 6.71. The van der Waals surface area contributed by atoms with Crippen molar-refractivity contribution in [1.82, 2.24) is 4.90 Å². The summed E-state index contributed by atoms with van der Waals surface area (Å²) >= 11 is 0. The molecule has 0 saturated carbocycles. The van der Waals surface area contributed by atoms with Gasteiger partial charge in [0.1, 0.15) is 11.3 Å². The maximum Gasteiger partial charge on any atom is 0.233 e. The minimum absolute atomic E-state index is 0.126. The Balaban J connectivity index is 1.81. The second-order valence-corrected chi connectivity index (χ2v) is 6.46. The lowest BCUT2D eigenvalue weighted by atomic mass is 9.91. The minimum Gasteiger partial charge on any atom is -0.460 e. The van der Waals surface area contributed by atoms with Gasteiger partial charge in [0.2, 0.25) is 5.91 Å². The summed E-state index contributed by atoms with van der Waals surface area (Å²) in [6, 6.07) is 9.99. The first-order chi connectivity index (χ1) is 10.6. The molecule has 1 aromatic heterocycles. The Morgan fingerprint density at radius 1 is 1.45 bits per heavy atom. The minimum atomic E-state index is -0.269. The third-order valence-corrected chi connectivity index (χ3v) is 4.77. The lowest BCUT2D eigenvalue weighted by molar-refractivity contribution is -0.136. The van der Waals surface area contributed by atoms with E-state index in [1.54, 1.807) is 0 Å². The number of amides is 1. The number of nitrogens with zero attached hydrogens (tertiary/aromatic N) is 1. The molecule has 0 aliphatic carbocycles. The second kappa shape index (κ2) is 6.13. The molecular weight excluding hydrogens is 276 g/mol. The van der Waals surface area contributed by atoms with Crippen LogP contribution in [0.25, 0.3) is 11.0 Å². The number of fused-ring (bicyclic) bond motifs is 1. The van der Waals surface area contributed by atoms with Gasteiger partial charge in [-0.15, -0.1) is 0 Å². The number of carbonyl (C=O) groups is 1. The molecule has 2 heterocycles. The van der Waals surface area contributed by atoms with Crippen LogP contribution in [0.3, 0.4) is 0 Å². The van der Waals surface area contributed by atoms with Crippen molar-refractivity contribution in [3.8, 4) is 0 Å². The van der Waals surface area contributed by atoms with Crippen molar-refractivity contribution in [3.63, 3.8) is 0 Å². The first-order valence-electron chi connectivity index (χ1n) is 8.09. The molecule has 4 heteroatoms. The van der Waals surface area contributed by atoms with Crippen molar-refractivity contribution in [1.29, 1.82) is 0 Å². The normalized spacial score (nSPS) is 23.7. The van der Waals surface area contributed by atoms with Crippen LogP contribution < -0.4 is 5.73 Å². The molecule has 1 saturated heterocycles. The third kappa shape index (κ3) is 2.75. The van der Waals surface area contributed by atoms with Crippen LogP contribution in [-0.4, -0.2) is 29.9 Å². The van der Waals surface area contributed by atoms with E-state index in [0.717, 1.165) is 36.1 Å². The van der Waals surface area contributed by atoms with E-state index in [0.29, 0.717) is 12.5 Å². The molecule has 0 bridgehead atoms. The number of hydrogen-bond acceptors (Lipinski definition) is 3. The van der Waals surface area contributed by atoms with Crippen LogP contribution in [0.2, 0.25) is 0 Å². The fourth-order valence-corrected chi connectivity index (χ4v) is 3.35. The zero-order valence-corrected chi connectivity index (χ0v) is 13.3. The zero-order valence-electron chi connectivity index (χ0n) is 13.3. The molecule has 2 aromatic rings. The maximum atomic E-state index is 12.9. The smallest absolute Gasteiger partial charge is 0.233 e. The third-order valence-electron chi connectivity index (χ3n) is 4.77. The zero-order chi connectivity index (χ0) is 15.7. The van der Waals surface area contributed by atoms with Gasteiger partial charge in [0.15, 0.2) is 0 Å². The Hall–Kier alpha value is -1.81. The standard InChI is InChI=1S/C18H24N2O2/c1-12-7-8-20(15(9-12)11-19)18(21)13(2)17-10-14-5-3-4-6-16(14)22-17/h3-6,10,12-13,15H,7-9,11,19H2,1-2H3. The van der Waals surface area contributed by atoms with Crippen molar-refractivity contribution >= 4 is 16.9 Å². The Labute approximate surface area is 131 Å². The van der Waals surface area contributed by atoms with Gasteiger partial charge in [-0.1, -0.05) is 25.1 Å². The molecular formula is C18H24N2O2. The van der Waals surface area contributed by atoms with E-state index < -0.39 is 0 Å². The number of para-hydroxylation sites is 1. The van der Waals surface area contributed by atoms with Gasteiger partial charge in [0.05, 0.1) is 5.92 Å². The van der Waals surface area contributed by atoms with Gasteiger partial charge < -0.3 is 15.1 Å². The van der Waals surface area contributed by atoms with E-state index in [1.165, 1.54) is 0 Å². The van der Waals surface area contributed by atoms with E-state index in [1.807, 2.05) is 42.2 Å². The van der Waals surface area contributed by atoms with Crippen molar-refractivity contribution in [2.75, 3.05) is 13.1 Å². The van der Waals surface area contributed by atoms with Crippen molar-refractivity contribution < 1.29 is 9.21 Å². The largest absolute Gasteiger partial charge is 0.460 e. The van der Waals surface area contributed by atoms with Gasteiger partial charge >= 0.3 is 0 Å². The van der Waals surface area contributed by atoms with E-state index in [4.69, 9.17) is 10.2 Å². The summed E-state index contributed by atoms with van der Waals surface area (Å²) in [6.07, 6.45) is 2.05. The van der Waals surface area contributed by atoms with Crippen LogP contribution in [0.4, 0.5) is 0 Å². The second-order valence-electron chi connectivity index (χ2n) is 6.46. The topological polar surface area (TPSA) is 59.5 Å². The first kappa shape index (κ1) is 15.1. The number of nitrogens with two attached hydrogens (primary N) is 1. The molecule has 3 unspecified atom stereocenters. The van der Waals surface area contributed by atoms with Crippen molar-refractivity contribution in [2.24, 2.45) is 11.7 Å². The summed E-state index contributed by atoms with van der Waals surface area (Å²) in [5.74, 6) is 1.23. The average molecular weight is 300 g/mol. The molecule has 1 aromatic carbocycles. The fourth-order valence-electron chi connectivity index (χ4n) is 3.35. The fraction of sp³-hybridized carbons (Fsp3) is 0.500. The van der Waals surface area contributed by atoms with Gasteiger partial charge in [-0.25, -0.2) is 0 Å². The van der Waals surface area contributed by atoms with Crippen LogP contribution in [0, 0.1) is 5.92 Å². The summed E-state index contributed by atoms with van der Waals surface area (Å²) in [7, 11) is 0. The maximum absolute atomic E-state index is 12.9. The Bertz CT molecular complexity index is 631. The summed E-state index contributed by atoms with van der Waals surface area (Å²) < 4.78 is 5.85. The van der Waals surface area contributed by atoms with Crippen LogP contribution in [0.5, 0.6) is 0 Å². The molecule has 1 aliphatic heterocycles. The van der Waals surface area contributed by atoms with Crippen LogP contribution in [0.15, 0.2) is 34.7 Å². The SMILES string of the molecule is CC1CCN(C(=O)C(C)c2cc3ccccc3o2)C(CN)C1. The average Bonchev–Trinajstić information content (AvgIpc) is 2.97. The molecule has 3 atom stereocenters. The number of benzene rings is 1. The highest BCUT2D eigenvalue weighted by Crippen LogP contribution is 2.29. The van der Waals surface area contributed by atoms with Gasteiger partial charge in [-0.2, -0.15) is 0 Å². The Morgan fingerprint density at radius 2 is 2.23 bits per heavy atom. The lowest BCUT2D eigenvalue weighted by Crippen LogP contribution is -2.50. The molecule has 118 valence electrons. The van der Waals surface area contributed by atoms with Crippen molar-refractivity contribution in [3.05, 3.63) is 36.1 Å². The molecule has 1 amide bonds. The Kier molecular flexibility index (Phi) is 4.21. The quantitative estimate of drug-likeness (QED) is 0.947. The van der Waals surface area contributed by atoms with Crippen LogP contribution in [-0.2, 0) is 4.79 Å². The number of rotatable bonds is 3. The monoisotopic (exact) mass is 300 g/mol. The molecule has 3 rings (SSSR count). The predicted molar refractivity (Wildman–Crippen MR) is 87.6 cm³/mol. The van der Waals surface area contributed by atoms with E-state index >= 15 is 0 Å². The van der Waals surface area contributed by atoms with Gasteiger partial charge in [0, 0.05) is 24.5 Å². The predicted octanol–water partition coefficient (Wildman–Crippen LogP) is 3.12. The highest BCUT2D eigenvalue weighted by Gasteiger charge is 2.32. The summed E-state index contributed by atoms with van der Waals surface area (Å²) in [5, 5.41) is 1.04. The number of hydrogen-bond donors (Lipinski definition) is 1. The van der Waals surface area contributed by atoms with E-state index in [9.17, 15) is 4.79 Å². The van der Waals surface area contributed by atoms with E-state index in [-0.39, 0.29) is 17.9 Å². The molecule has 22 heavy (non-hydrogen) atoms. The molecule has 2 N–H and O–H groups in total. The van der Waals surface area contributed by atoms with E-state index in [2.05, 4.69) is 6.92 Å². The molecule has 1 aliphatic rings. The highest BCUT2D eigenvalue weighted by atomic mass is 16.3. The Morgan fingerprint density at radius 3 is 2.95 bits per heavy atom. The number of furan rings is 1. The molecule has 1 fully saturated rings. The van der Waals surface area contributed by atoms with Gasteiger partial charge in [0.25, 0.3) is 0 Å². The summed E-state index contributed by atoms with van der Waals surface area (Å²) in [4.78, 5) is 14.8. The lowest BCUT2D eigenvalue weighted by Gasteiger charge is -2.39. The number of carbonyl (C=O) groups excluding carboxylic acids is 1. The van der Waals surface area contributed by atoms with Gasteiger partial charge in [-0.05, 0) is 37.8 Å². The number of piperidine rings is 1. The van der Waals surface area contributed by atoms with Crippen LogP contribution >= 0.6 is 0 Å². The molecule has 0 spiro atoms. The highest BCUT2D eigenvalue weighted by molar-refractivity contribution is 5.85. The molecule has 0 radical (unpaired) electrons. The summed E-state index contributed by atoms with van der Waals surface area (Å²) in [6.45, 7) is 5.48. The molecule has 4 nitrogen and oxygen atoms in total. The van der Waals surface area contributed by atoms with Crippen molar-refractivity contribution in [2.45, 2.75) is 38.6 Å². The number of likely N-dealkylation sites (tertiary alicyclic amines) is 1. The first-order valence-corrected chi connectivity index (χ1v) is 8.09.